The van der Waals surface area contributed by atoms with Gasteiger partial charge in [0.1, 0.15) is 5.69 Å². The third kappa shape index (κ3) is 4.48. The van der Waals surface area contributed by atoms with Crippen LogP contribution in [0.1, 0.15) is 61.0 Å². The summed E-state index contributed by atoms with van der Waals surface area (Å²) >= 11 is 0. The molecule has 1 N–H and O–H groups in total. The Balaban J connectivity index is 2.27. The Labute approximate surface area is 155 Å². The highest BCUT2D eigenvalue weighted by molar-refractivity contribution is 6.06. The van der Waals surface area contributed by atoms with E-state index in [1.807, 2.05) is 38.1 Å². The highest BCUT2D eigenvalue weighted by Gasteiger charge is 2.20. The molecule has 2 aromatic rings. The fraction of sp³-hybridized carbons (Fsp3) is 0.381. The van der Waals surface area contributed by atoms with Crippen LogP contribution in [0.15, 0.2) is 42.6 Å². The van der Waals surface area contributed by atoms with E-state index in [0.717, 1.165) is 11.3 Å². The van der Waals surface area contributed by atoms with Gasteiger partial charge in [-0.25, -0.2) is 0 Å². The predicted molar refractivity (Wildman–Crippen MR) is 105 cm³/mol. The number of para-hydroxylation sites is 1. The van der Waals surface area contributed by atoms with Crippen LogP contribution in [0.25, 0.3) is 0 Å². The lowest BCUT2D eigenvalue weighted by Gasteiger charge is -2.23. The predicted octanol–water partition coefficient (Wildman–Crippen LogP) is 4.11. The third-order valence-electron chi connectivity index (χ3n) is 4.28. The lowest BCUT2D eigenvalue weighted by atomic mass is 9.86. The van der Waals surface area contributed by atoms with Crippen LogP contribution in [0.5, 0.6) is 0 Å². The summed E-state index contributed by atoms with van der Waals surface area (Å²) in [4.78, 5) is 31.0. The minimum atomic E-state index is -0.252. The number of rotatable bonds is 5. The zero-order valence-corrected chi connectivity index (χ0v) is 16.2. The fourth-order valence-corrected chi connectivity index (χ4v) is 2.80. The van der Waals surface area contributed by atoms with Gasteiger partial charge in [0.2, 0.25) is 0 Å². The lowest BCUT2D eigenvalue weighted by Crippen LogP contribution is -2.31. The largest absolute Gasteiger partial charge is 0.338 e. The molecule has 0 unspecified atom stereocenters. The zero-order chi connectivity index (χ0) is 19.3. The molecule has 0 aliphatic heterocycles. The van der Waals surface area contributed by atoms with Crippen molar-refractivity contribution >= 4 is 17.5 Å². The van der Waals surface area contributed by atoms with E-state index in [4.69, 9.17) is 0 Å². The molecule has 0 saturated heterocycles. The molecule has 26 heavy (non-hydrogen) atoms. The summed E-state index contributed by atoms with van der Waals surface area (Å²) in [5.74, 6) is -0.419. The Kier molecular flexibility index (Phi) is 6.14. The van der Waals surface area contributed by atoms with Gasteiger partial charge in [0.05, 0.1) is 0 Å². The number of aromatic nitrogens is 1. The van der Waals surface area contributed by atoms with Crippen LogP contribution in [0, 0.1) is 0 Å². The first kappa shape index (κ1) is 19.6. The molecule has 0 fully saturated rings. The molecule has 1 aromatic heterocycles. The van der Waals surface area contributed by atoms with E-state index in [2.05, 4.69) is 31.1 Å². The van der Waals surface area contributed by atoms with Crippen molar-refractivity contribution in [2.24, 2.45) is 0 Å². The molecule has 5 heteroatoms. The summed E-state index contributed by atoms with van der Waals surface area (Å²) in [7, 11) is 0. The minimum Gasteiger partial charge on any atom is -0.338 e. The Morgan fingerprint density at radius 3 is 2.35 bits per heavy atom. The second-order valence-corrected chi connectivity index (χ2v) is 7.16. The molecule has 1 aromatic carbocycles. The average molecular weight is 353 g/mol. The summed E-state index contributed by atoms with van der Waals surface area (Å²) in [5.41, 5.74) is 2.44. The van der Waals surface area contributed by atoms with Gasteiger partial charge in [-0.3, -0.25) is 14.6 Å². The van der Waals surface area contributed by atoms with Crippen LogP contribution in [-0.4, -0.2) is 34.8 Å². The summed E-state index contributed by atoms with van der Waals surface area (Å²) in [6, 6.07) is 10.9. The topological polar surface area (TPSA) is 62.3 Å². The molecule has 0 saturated carbocycles. The summed E-state index contributed by atoms with van der Waals surface area (Å²) in [6.07, 6.45) is 1.50. The van der Waals surface area contributed by atoms with Crippen LogP contribution in [-0.2, 0) is 5.41 Å². The average Bonchev–Trinajstić information content (AvgIpc) is 2.62. The second kappa shape index (κ2) is 8.13. The van der Waals surface area contributed by atoms with E-state index in [1.54, 1.807) is 17.0 Å². The van der Waals surface area contributed by atoms with Crippen molar-refractivity contribution in [1.82, 2.24) is 9.88 Å². The number of anilines is 1. The molecule has 0 bridgehead atoms. The maximum Gasteiger partial charge on any atom is 0.272 e. The Bertz CT molecular complexity index is 790. The van der Waals surface area contributed by atoms with Gasteiger partial charge in [0.25, 0.3) is 11.8 Å². The Morgan fingerprint density at radius 2 is 1.73 bits per heavy atom. The van der Waals surface area contributed by atoms with Gasteiger partial charge in [-0.1, -0.05) is 39.0 Å². The molecule has 0 spiro atoms. The van der Waals surface area contributed by atoms with Crippen molar-refractivity contribution in [3.05, 3.63) is 59.4 Å². The number of carbonyl (C=O) groups is 2. The number of amides is 2. The van der Waals surface area contributed by atoms with E-state index in [1.165, 1.54) is 6.20 Å². The number of hydrogen-bond acceptors (Lipinski definition) is 3. The molecule has 2 amide bonds. The minimum absolute atomic E-state index is 0.0913. The van der Waals surface area contributed by atoms with Gasteiger partial charge in [-0.05, 0) is 43.0 Å². The molecule has 138 valence electrons. The number of carbonyl (C=O) groups excluding carboxylic acids is 2. The van der Waals surface area contributed by atoms with Crippen LogP contribution >= 0.6 is 0 Å². The van der Waals surface area contributed by atoms with Gasteiger partial charge < -0.3 is 10.2 Å². The number of pyridine rings is 1. The first-order valence-electron chi connectivity index (χ1n) is 8.94. The first-order chi connectivity index (χ1) is 12.3. The van der Waals surface area contributed by atoms with Crippen molar-refractivity contribution in [1.29, 1.82) is 0 Å². The van der Waals surface area contributed by atoms with Crippen molar-refractivity contribution in [3.63, 3.8) is 0 Å². The first-order valence-corrected chi connectivity index (χ1v) is 8.94. The van der Waals surface area contributed by atoms with Crippen LogP contribution in [0.3, 0.4) is 0 Å². The van der Waals surface area contributed by atoms with E-state index >= 15 is 0 Å². The molecule has 2 rings (SSSR count). The number of nitrogens with zero attached hydrogens (tertiary/aromatic N) is 2. The lowest BCUT2D eigenvalue weighted by molar-refractivity contribution is 0.0767. The Morgan fingerprint density at radius 1 is 1.08 bits per heavy atom. The van der Waals surface area contributed by atoms with E-state index in [-0.39, 0.29) is 22.9 Å². The molecule has 0 atom stereocenters. The summed E-state index contributed by atoms with van der Waals surface area (Å²) in [6.45, 7) is 11.4. The SMILES string of the molecule is CCN(CC)C(=O)c1cc(C(=O)Nc2ccccc2C(C)(C)C)ccn1. The molecular weight excluding hydrogens is 326 g/mol. The number of nitrogens with one attached hydrogen (secondary N) is 1. The highest BCUT2D eigenvalue weighted by atomic mass is 16.2. The highest BCUT2D eigenvalue weighted by Crippen LogP contribution is 2.29. The van der Waals surface area contributed by atoms with Gasteiger partial charge in [-0.2, -0.15) is 0 Å². The smallest absolute Gasteiger partial charge is 0.272 e. The van der Waals surface area contributed by atoms with Crippen molar-refractivity contribution in [2.75, 3.05) is 18.4 Å². The maximum absolute atomic E-state index is 12.7. The molecule has 0 aliphatic carbocycles. The van der Waals surface area contributed by atoms with Crippen LogP contribution < -0.4 is 5.32 Å². The van der Waals surface area contributed by atoms with Gasteiger partial charge >= 0.3 is 0 Å². The normalized spacial score (nSPS) is 11.1. The van der Waals surface area contributed by atoms with Gasteiger partial charge in [-0.15, -0.1) is 0 Å². The van der Waals surface area contributed by atoms with Crippen molar-refractivity contribution < 1.29 is 9.59 Å². The van der Waals surface area contributed by atoms with E-state index in [0.29, 0.717) is 18.7 Å². The van der Waals surface area contributed by atoms with Gasteiger partial charge in [0.15, 0.2) is 0 Å². The summed E-state index contributed by atoms with van der Waals surface area (Å²) < 4.78 is 0. The molecule has 0 aliphatic rings. The van der Waals surface area contributed by atoms with Gasteiger partial charge in [0, 0.05) is 30.5 Å². The summed E-state index contributed by atoms with van der Waals surface area (Å²) in [5, 5.41) is 2.97. The van der Waals surface area contributed by atoms with Crippen molar-refractivity contribution in [3.8, 4) is 0 Å². The fourth-order valence-electron chi connectivity index (χ4n) is 2.80. The van der Waals surface area contributed by atoms with Crippen LogP contribution in [0.2, 0.25) is 0 Å². The van der Waals surface area contributed by atoms with Crippen molar-refractivity contribution in [2.45, 2.75) is 40.0 Å². The third-order valence-corrected chi connectivity index (χ3v) is 4.28. The molecule has 1 heterocycles. The second-order valence-electron chi connectivity index (χ2n) is 7.16. The standard InChI is InChI=1S/C21H27N3O2/c1-6-24(7-2)20(26)18-14-15(12-13-22-18)19(25)23-17-11-9-8-10-16(17)21(3,4)5/h8-14H,6-7H2,1-5H3,(H,23,25). The molecule has 0 radical (unpaired) electrons. The molecular formula is C21H27N3O2. The van der Waals surface area contributed by atoms with Crippen LogP contribution in [0.4, 0.5) is 5.69 Å². The monoisotopic (exact) mass is 353 g/mol. The number of benzene rings is 1. The Hall–Kier alpha value is -2.69. The zero-order valence-electron chi connectivity index (χ0n) is 16.2. The van der Waals surface area contributed by atoms with E-state index in [9.17, 15) is 9.59 Å². The molecule has 5 nitrogen and oxygen atoms in total. The number of hydrogen-bond donors (Lipinski definition) is 1. The van der Waals surface area contributed by atoms with E-state index < -0.39 is 0 Å². The quantitative estimate of drug-likeness (QED) is 0.880. The maximum atomic E-state index is 12.7.